The van der Waals surface area contributed by atoms with Crippen LogP contribution < -0.4 is 5.32 Å². The normalized spacial score (nSPS) is 11.6. The van der Waals surface area contributed by atoms with Gasteiger partial charge in [-0.15, -0.1) is 11.8 Å². The maximum absolute atomic E-state index is 12.3. The molecule has 0 saturated carbocycles. The molecule has 1 aromatic heterocycles. The Hall–Kier alpha value is -1.61. The second-order valence-corrected chi connectivity index (χ2v) is 9.88. The number of nitrogens with zero attached hydrogens (tertiary/aromatic N) is 1. The van der Waals surface area contributed by atoms with E-state index in [1.165, 1.54) is 35.6 Å². The van der Waals surface area contributed by atoms with Crippen LogP contribution in [0.2, 0.25) is 5.02 Å². The van der Waals surface area contributed by atoms with Crippen molar-refractivity contribution in [2.45, 2.75) is 16.2 Å². The number of aromatic nitrogens is 1. The molecular formula is C17H15ClN2O3S3. The SMILES string of the molecule is CSc1ccc2nc(NC(=O)CCS(=O)(=O)c3ccc(Cl)cc3)sc2c1. The summed E-state index contributed by atoms with van der Waals surface area (Å²) in [6.45, 7) is 0. The van der Waals surface area contributed by atoms with E-state index in [2.05, 4.69) is 10.3 Å². The largest absolute Gasteiger partial charge is 0.302 e. The Morgan fingerprint density at radius 2 is 1.96 bits per heavy atom. The lowest BCUT2D eigenvalue weighted by Gasteiger charge is -2.04. The molecule has 0 spiro atoms. The third kappa shape index (κ3) is 4.56. The third-order valence-electron chi connectivity index (χ3n) is 3.61. The molecule has 1 heterocycles. The van der Waals surface area contributed by atoms with Crippen molar-refractivity contribution in [1.82, 2.24) is 4.98 Å². The van der Waals surface area contributed by atoms with E-state index in [1.54, 1.807) is 11.8 Å². The van der Waals surface area contributed by atoms with E-state index < -0.39 is 9.84 Å². The summed E-state index contributed by atoms with van der Waals surface area (Å²) in [4.78, 5) is 17.7. The summed E-state index contributed by atoms with van der Waals surface area (Å²) >= 11 is 8.76. The maximum Gasteiger partial charge on any atom is 0.227 e. The Morgan fingerprint density at radius 3 is 2.65 bits per heavy atom. The Morgan fingerprint density at radius 1 is 1.23 bits per heavy atom. The number of hydrogen-bond donors (Lipinski definition) is 1. The summed E-state index contributed by atoms with van der Waals surface area (Å²) in [5, 5.41) is 3.60. The van der Waals surface area contributed by atoms with Crippen molar-refractivity contribution in [3.05, 3.63) is 47.5 Å². The average molecular weight is 427 g/mol. The molecule has 0 fully saturated rings. The van der Waals surface area contributed by atoms with Crippen molar-refractivity contribution in [2.75, 3.05) is 17.3 Å². The Labute approximate surface area is 164 Å². The number of anilines is 1. The summed E-state index contributed by atoms with van der Waals surface area (Å²) in [7, 11) is -3.54. The molecule has 0 aliphatic rings. The van der Waals surface area contributed by atoms with Crippen LogP contribution in [0.4, 0.5) is 5.13 Å². The lowest BCUT2D eigenvalue weighted by atomic mass is 10.3. The Balaban J connectivity index is 1.64. The molecule has 26 heavy (non-hydrogen) atoms. The highest BCUT2D eigenvalue weighted by atomic mass is 35.5. The number of benzene rings is 2. The molecule has 2 aromatic carbocycles. The zero-order chi connectivity index (χ0) is 18.7. The van der Waals surface area contributed by atoms with Crippen LogP contribution in [0, 0.1) is 0 Å². The average Bonchev–Trinajstić information content (AvgIpc) is 3.01. The number of rotatable bonds is 6. The first-order valence-corrected chi connectivity index (χ1v) is 11.7. The summed E-state index contributed by atoms with van der Waals surface area (Å²) < 4.78 is 25.5. The van der Waals surface area contributed by atoms with Gasteiger partial charge in [-0.3, -0.25) is 4.79 Å². The molecule has 0 saturated heterocycles. The summed E-state index contributed by atoms with van der Waals surface area (Å²) in [6.07, 6.45) is 1.85. The highest BCUT2D eigenvalue weighted by Gasteiger charge is 2.17. The fraction of sp³-hybridized carbons (Fsp3) is 0.176. The molecule has 5 nitrogen and oxygen atoms in total. The van der Waals surface area contributed by atoms with Crippen LogP contribution in [0.15, 0.2) is 52.3 Å². The number of sulfone groups is 1. The van der Waals surface area contributed by atoms with Crippen LogP contribution in [0.5, 0.6) is 0 Å². The quantitative estimate of drug-likeness (QED) is 0.588. The molecule has 0 aliphatic heterocycles. The number of amides is 1. The van der Waals surface area contributed by atoms with Gasteiger partial charge in [-0.1, -0.05) is 22.9 Å². The topological polar surface area (TPSA) is 76.1 Å². The second kappa shape index (κ2) is 7.96. The van der Waals surface area contributed by atoms with Crippen LogP contribution in [-0.4, -0.2) is 31.3 Å². The molecule has 9 heteroatoms. The van der Waals surface area contributed by atoms with Crippen molar-refractivity contribution in [2.24, 2.45) is 0 Å². The third-order valence-corrected chi connectivity index (χ3v) is 7.26. The van der Waals surface area contributed by atoms with Crippen molar-refractivity contribution >= 4 is 65.8 Å². The maximum atomic E-state index is 12.3. The standard InChI is InChI=1S/C17H15ClN2O3S3/c1-24-12-4-7-14-15(10-12)25-17(19-14)20-16(21)8-9-26(22,23)13-5-2-11(18)3-6-13/h2-7,10H,8-9H2,1H3,(H,19,20,21). The predicted molar refractivity (Wildman–Crippen MR) is 108 cm³/mol. The molecular weight excluding hydrogens is 412 g/mol. The van der Waals surface area contributed by atoms with E-state index in [0.29, 0.717) is 10.2 Å². The molecule has 3 rings (SSSR count). The van der Waals surface area contributed by atoms with E-state index in [9.17, 15) is 13.2 Å². The van der Waals surface area contributed by atoms with Crippen molar-refractivity contribution in [3.63, 3.8) is 0 Å². The number of thioether (sulfide) groups is 1. The fourth-order valence-corrected chi connectivity index (χ4v) is 5.06. The van der Waals surface area contributed by atoms with Gasteiger partial charge in [-0.05, 0) is 48.7 Å². The number of halogens is 1. The lowest BCUT2D eigenvalue weighted by molar-refractivity contribution is -0.115. The van der Waals surface area contributed by atoms with Crippen molar-refractivity contribution in [1.29, 1.82) is 0 Å². The van der Waals surface area contributed by atoms with Gasteiger partial charge in [-0.25, -0.2) is 13.4 Å². The van der Waals surface area contributed by atoms with Crippen LogP contribution in [-0.2, 0) is 14.6 Å². The molecule has 1 amide bonds. The zero-order valence-electron chi connectivity index (χ0n) is 13.7. The number of carbonyl (C=O) groups is 1. The van der Waals surface area contributed by atoms with Gasteiger partial charge in [-0.2, -0.15) is 0 Å². The van der Waals surface area contributed by atoms with Crippen molar-refractivity contribution < 1.29 is 13.2 Å². The van der Waals surface area contributed by atoms with E-state index in [1.807, 2.05) is 24.5 Å². The molecule has 136 valence electrons. The number of hydrogen-bond acceptors (Lipinski definition) is 6. The first-order valence-electron chi connectivity index (χ1n) is 7.60. The van der Waals surface area contributed by atoms with E-state index in [-0.39, 0.29) is 23.0 Å². The highest BCUT2D eigenvalue weighted by Crippen LogP contribution is 2.29. The van der Waals surface area contributed by atoms with Crippen LogP contribution in [0.1, 0.15) is 6.42 Å². The van der Waals surface area contributed by atoms with Gasteiger partial charge in [0.2, 0.25) is 5.91 Å². The van der Waals surface area contributed by atoms with Gasteiger partial charge in [0.05, 0.1) is 20.9 Å². The number of nitrogens with one attached hydrogen (secondary N) is 1. The molecule has 1 N–H and O–H groups in total. The summed E-state index contributed by atoms with van der Waals surface area (Å²) in [6, 6.07) is 11.8. The van der Waals surface area contributed by atoms with E-state index >= 15 is 0 Å². The minimum Gasteiger partial charge on any atom is -0.302 e. The van der Waals surface area contributed by atoms with Crippen LogP contribution in [0.3, 0.4) is 0 Å². The fourth-order valence-electron chi connectivity index (χ4n) is 2.25. The Kier molecular flexibility index (Phi) is 5.86. The predicted octanol–water partition coefficient (Wildman–Crippen LogP) is 4.47. The van der Waals surface area contributed by atoms with Gasteiger partial charge in [0, 0.05) is 16.3 Å². The molecule has 3 aromatic rings. The summed E-state index contributed by atoms with van der Waals surface area (Å²) in [5.41, 5.74) is 0.803. The molecule has 0 radical (unpaired) electrons. The first kappa shape index (κ1) is 19.2. The number of fused-ring (bicyclic) bond motifs is 1. The monoisotopic (exact) mass is 426 g/mol. The molecule has 0 bridgehead atoms. The minimum atomic E-state index is -3.54. The van der Waals surface area contributed by atoms with Gasteiger partial charge in [0.15, 0.2) is 15.0 Å². The van der Waals surface area contributed by atoms with Crippen LogP contribution >= 0.6 is 34.7 Å². The number of thiazole rings is 1. The van der Waals surface area contributed by atoms with E-state index in [4.69, 9.17) is 11.6 Å². The smallest absolute Gasteiger partial charge is 0.227 e. The minimum absolute atomic E-state index is 0.142. The van der Waals surface area contributed by atoms with E-state index in [0.717, 1.165) is 15.1 Å². The highest BCUT2D eigenvalue weighted by molar-refractivity contribution is 7.98. The lowest BCUT2D eigenvalue weighted by Crippen LogP contribution is -2.17. The number of carbonyl (C=O) groups excluding carboxylic acids is 1. The zero-order valence-corrected chi connectivity index (χ0v) is 16.9. The first-order chi connectivity index (χ1) is 12.4. The van der Waals surface area contributed by atoms with Gasteiger partial charge >= 0.3 is 0 Å². The van der Waals surface area contributed by atoms with Crippen LogP contribution in [0.25, 0.3) is 10.2 Å². The molecule has 0 aliphatic carbocycles. The second-order valence-electron chi connectivity index (χ2n) is 5.42. The van der Waals surface area contributed by atoms with Crippen molar-refractivity contribution in [3.8, 4) is 0 Å². The molecule has 0 unspecified atom stereocenters. The Bertz CT molecular complexity index is 1050. The molecule has 0 atom stereocenters. The summed E-state index contributed by atoms with van der Waals surface area (Å²) in [5.74, 6) is -0.659. The van der Waals surface area contributed by atoms with Gasteiger partial charge < -0.3 is 5.32 Å². The van der Waals surface area contributed by atoms with Gasteiger partial charge in [0.25, 0.3) is 0 Å². The van der Waals surface area contributed by atoms with Gasteiger partial charge in [0.1, 0.15) is 0 Å².